The molecule has 0 atom stereocenters. The van der Waals surface area contributed by atoms with Crippen LogP contribution in [0, 0.1) is 6.92 Å². The molecule has 1 aliphatic rings. The number of carbonyl (C=O) groups is 3. The fourth-order valence-corrected chi connectivity index (χ4v) is 4.15. The van der Waals surface area contributed by atoms with Gasteiger partial charge in [-0.25, -0.2) is 9.78 Å². The van der Waals surface area contributed by atoms with Gasteiger partial charge in [-0.2, -0.15) is 0 Å². The SMILES string of the molecule is Cc1ncsc1CCOC(=O)c1ccc2c(c1)C(=O)N(CCc1ccccc1)C2=O. The van der Waals surface area contributed by atoms with Gasteiger partial charge in [-0.15, -0.1) is 11.3 Å². The Hall–Kier alpha value is -3.32. The van der Waals surface area contributed by atoms with Crippen molar-refractivity contribution in [1.29, 1.82) is 0 Å². The summed E-state index contributed by atoms with van der Waals surface area (Å²) in [5, 5.41) is 0. The van der Waals surface area contributed by atoms with Gasteiger partial charge in [0.15, 0.2) is 0 Å². The molecule has 7 heteroatoms. The molecule has 4 rings (SSSR count). The number of rotatable bonds is 7. The maximum absolute atomic E-state index is 12.8. The van der Waals surface area contributed by atoms with Crippen molar-refractivity contribution >= 4 is 29.1 Å². The van der Waals surface area contributed by atoms with Gasteiger partial charge in [0.2, 0.25) is 0 Å². The van der Waals surface area contributed by atoms with E-state index in [2.05, 4.69) is 4.98 Å². The number of aryl methyl sites for hydroxylation is 1. The minimum atomic E-state index is -0.511. The Balaban J connectivity index is 1.41. The number of aromatic nitrogens is 1. The van der Waals surface area contributed by atoms with Crippen LogP contribution < -0.4 is 0 Å². The molecule has 0 spiro atoms. The Morgan fingerprint density at radius 2 is 1.80 bits per heavy atom. The Morgan fingerprint density at radius 1 is 1.03 bits per heavy atom. The van der Waals surface area contributed by atoms with Crippen LogP contribution in [0.15, 0.2) is 54.0 Å². The molecule has 1 aromatic heterocycles. The van der Waals surface area contributed by atoms with Crippen LogP contribution in [0.4, 0.5) is 0 Å². The predicted octanol–water partition coefficient (Wildman–Crippen LogP) is 3.69. The van der Waals surface area contributed by atoms with Gasteiger partial charge < -0.3 is 4.74 Å². The Bertz CT molecular complexity index is 1110. The van der Waals surface area contributed by atoms with Gasteiger partial charge in [-0.3, -0.25) is 14.5 Å². The minimum absolute atomic E-state index is 0.231. The molecule has 2 aromatic carbocycles. The number of thiazole rings is 1. The van der Waals surface area contributed by atoms with Crippen LogP contribution in [-0.4, -0.2) is 40.8 Å². The van der Waals surface area contributed by atoms with Gasteiger partial charge in [0, 0.05) is 17.8 Å². The zero-order chi connectivity index (χ0) is 21.1. The summed E-state index contributed by atoms with van der Waals surface area (Å²) in [5.74, 6) is -1.21. The first-order valence-corrected chi connectivity index (χ1v) is 10.5. The molecule has 0 saturated carbocycles. The van der Waals surface area contributed by atoms with Gasteiger partial charge in [-0.1, -0.05) is 30.3 Å². The van der Waals surface area contributed by atoms with Crippen LogP contribution in [0.3, 0.4) is 0 Å². The molecule has 30 heavy (non-hydrogen) atoms. The molecule has 6 nitrogen and oxygen atoms in total. The van der Waals surface area contributed by atoms with E-state index in [1.165, 1.54) is 34.4 Å². The van der Waals surface area contributed by atoms with Crippen molar-refractivity contribution in [2.45, 2.75) is 19.8 Å². The largest absolute Gasteiger partial charge is 0.462 e. The lowest BCUT2D eigenvalue weighted by molar-refractivity contribution is 0.0509. The molecule has 2 amide bonds. The molecular formula is C23H20N2O4S. The standard InChI is InChI=1S/C23H20N2O4S/c1-15-20(30-14-24-15)10-12-29-23(28)17-7-8-18-19(13-17)22(27)25(21(18)26)11-9-16-5-3-2-4-6-16/h2-8,13-14H,9-12H2,1H3. The summed E-state index contributed by atoms with van der Waals surface area (Å²) in [6.07, 6.45) is 1.18. The lowest BCUT2D eigenvalue weighted by Crippen LogP contribution is -2.31. The highest BCUT2D eigenvalue weighted by molar-refractivity contribution is 7.09. The number of carbonyl (C=O) groups excluding carboxylic acids is 3. The highest BCUT2D eigenvalue weighted by atomic mass is 32.1. The zero-order valence-corrected chi connectivity index (χ0v) is 17.3. The van der Waals surface area contributed by atoms with E-state index in [9.17, 15) is 14.4 Å². The van der Waals surface area contributed by atoms with Crippen LogP contribution >= 0.6 is 11.3 Å². The second-order valence-electron chi connectivity index (χ2n) is 7.00. The Labute approximate surface area is 178 Å². The first kappa shape index (κ1) is 20.0. The van der Waals surface area contributed by atoms with Crippen molar-refractivity contribution in [3.8, 4) is 0 Å². The monoisotopic (exact) mass is 420 g/mol. The van der Waals surface area contributed by atoms with E-state index in [1.807, 2.05) is 37.3 Å². The molecule has 3 aromatic rings. The number of nitrogens with zero attached hydrogens (tertiary/aromatic N) is 2. The first-order chi connectivity index (χ1) is 14.5. The predicted molar refractivity (Wildman–Crippen MR) is 113 cm³/mol. The highest BCUT2D eigenvalue weighted by Crippen LogP contribution is 2.25. The number of amides is 2. The Morgan fingerprint density at radius 3 is 2.53 bits per heavy atom. The van der Waals surface area contributed by atoms with Crippen molar-refractivity contribution in [2.24, 2.45) is 0 Å². The van der Waals surface area contributed by atoms with Crippen molar-refractivity contribution in [1.82, 2.24) is 9.88 Å². The van der Waals surface area contributed by atoms with Crippen molar-refractivity contribution < 1.29 is 19.1 Å². The molecule has 0 radical (unpaired) electrons. The average Bonchev–Trinajstić information content (AvgIpc) is 3.28. The van der Waals surface area contributed by atoms with Crippen molar-refractivity contribution in [2.75, 3.05) is 13.2 Å². The summed E-state index contributed by atoms with van der Waals surface area (Å²) in [6.45, 7) is 2.44. The van der Waals surface area contributed by atoms with E-state index in [-0.39, 0.29) is 29.5 Å². The summed E-state index contributed by atoms with van der Waals surface area (Å²) >= 11 is 1.53. The lowest BCUT2D eigenvalue weighted by Gasteiger charge is -2.13. The van der Waals surface area contributed by atoms with E-state index in [1.54, 1.807) is 5.51 Å². The number of esters is 1. The summed E-state index contributed by atoms with van der Waals surface area (Å²) in [6, 6.07) is 14.2. The van der Waals surface area contributed by atoms with Gasteiger partial charge in [-0.05, 0) is 37.1 Å². The molecule has 152 valence electrons. The fourth-order valence-electron chi connectivity index (χ4n) is 3.39. The van der Waals surface area contributed by atoms with Crippen LogP contribution in [0.1, 0.15) is 47.2 Å². The van der Waals surface area contributed by atoms with Crippen LogP contribution in [0.5, 0.6) is 0 Å². The maximum atomic E-state index is 12.8. The number of hydrogen-bond donors (Lipinski definition) is 0. The van der Waals surface area contributed by atoms with Crippen LogP contribution in [-0.2, 0) is 17.6 Å². The third kappa shape index (κ3) is 4.02. The topological polar surface area (TPSA) is 76.6 Å². The smallest absolute Gasteiger partial charge is 0.338 e. The normalized spacial score (nSPS) is 12.9. The summed E-state index contributed by atoms with van der Waals surface area (Å²) < 4.78 is 5.34. The number of ether oxygens (including phenoxy) is 1. The van der Waals surface area contributed by atoms with E-state index < -0.39 is 5.97 Å². The molecule has 2 heterocycles. The second kappa shape index (κ2) is 8.59. The van der Waals surface area contributed by atoms with E-state index in [0.717, 1.165) is 16.1 Å². The van der Waals surface area contributed by atoms with Gasteiger partial charge >= 0.3 is 5.97 Å². The van der Waals surface area contributed by atoms with Crippen molar-refractivity contribution in [3.05, 3.63) is 86.9 Å². The second-order valence-corrected chi connectivity index (χ2v) is 7.94. The maximum Gasteiger partial charge on any atom is 0.338 e. The molecule has 0 bridgehead atoms. The van der Waals surface area contributed by atoms with E-state index in [0.29, 0.717) is 24.9 Å². The van der Waals surface area contributed by atoms with Crippen LogP contribution in [0.25, 0.3) is 0 Å². The first-order valence-electron chi connectivity index (χ1n) is 9.65. The highest BCUT2D eigenvalue weighted by Gasteiger charge is 2.35. The van der Waals surface area contributed by atoms with E-state index >= 15 is 0 Å². The quantitative estimate of drug-likeness (QED) is 0.430. The molecule has 0 N–H and O–H groups in total. The van der Waals surface area contributed by atoms with Gasteiger partial charge in [0.05, 0.1) is 34.5 Å². The third-order valence-electron chi connectivity index (χ3n) is 5.08. The summed E-state index contributed by atoms with van der Waals surface area (Å²) in [4.78, 5) is 44.3. The fraction of sp³-hybridized carbons (Fsp3) is 0.217. The summed E-state index contributed by atoms with van der Waals surface area (Å²) in [5.41, 5.74) is 4.59. The molecule has 0 unspecified atom stereocenters. The third-order valence-corrected chi connectivity index (χ3v) is 6.08. The van der Waals surface area contributed by atoms with Gasteiger partial charge in [0.25, 0.3) is 11.8 Å². The minimum Gasteiger partial charge on any atom is -0.462 e. The number of benzene rings is 2. The molecule has 1 aliphatic heterocycles. The number of imide groups is 1. The summed E-state index contributed by atoms with van der Waals surface area (Å²) in [7, 11) is 0. The van der Waals surface area contributed by atoms with E-state index in [4.69, 9.17) is 4.74 Å². The molecule has 0 fully saturated rings. The number of hydrogen-bond acceptors (Lipinski definition) is 6. The lowest BCUT2D eigenvalue weighted by atomic mass is 10.1. The molecule has 0 saturated heterocycles. The van der Waals surface area contributed by atoms with Crippen molar-refractivity contribution in [3.63, 3.8) is 0 Å². The zero-order valence-electron chi connectivity index (χ0n) is 16.5. The molecule has 0 aliphatic carbocycles. The van der Waals surface area contributed by atoms with Gasteiger partial charge in [0.1, 0.15) is 0 Å². The Kier molecular flexibility index (Phi) is 5.72. The number of fused-ring (bicyclic) bond motifs is 1. The van der Waals surface area contributed by atoms with Crippen LogP contribution in [0.2, 0.25) is 0 Å². The molecular weight excluding hydrogens is 400 g/mol. The average molecular weight is 420 g/mol.